The van der Waals surface area contributed by atoms with Gasteiger partial charge in [0.15, 0.2) is 0 Å². The lowest BCUT2D eigenvalue weighted by molar-refractivity contribution is -0.144. The average molecular weight is 249 g/mol. The number of carboxylic acids is 1. The van der Waals surface area contributed by atoms with E-state index in [4.69, 9.17) is 0 Å². The third-order valence-electron chi connectivity index (χ3n) is 3.32. The van der Waals surface area contributed by atoms with Gasteiger partial charge in [0.25, 0.3) is 0 Å². The van der Waals surface area contributed by atoms with E-state index in [1.807, 2.05) is 31.2 Å². The van der Waals surface area contributed by atoms with Crippen LogP contribution in [0, 0.1) is 6.92 Å². The maximum absolute atomic E-state index is 11.5. The molecule has 1 unspecified atom stereocenters. The van der Waals surface area contributed by atoms with E-state index < -0.39 is 11.5 Å². The van der Waals surface area contributed by atoms with E-state index in [-0.39, 0.29) is 0 Å². The fourth-order valence-electron chi connectivity index (χ4n) is 1.90. The Morgan fingerprint density at radius 2 is 1.89 bits per heavy atom. The van der Waals surface area contributed by atoms with Crippen molar-refractivity contribution >= 4 is 5.97 Å². The lowest BCUT2D eigenvalue weighted by Crippen LogP contribution is -2.47. The molecule has 3 heteroatoms. The fraction of sp³-hybridized carbons (Fsp3) is 0.533. The van der Waals surface area contributed by atoms with Gasteiger partial charge in [0.1, 0.15) is 5.54 Å². The van der Waals surface area contributed by atoms with E-state index in [9.17, 15) is 9.90 Å². The van der Waals surface area contributed by atoms with Gasteiger partial charge < -0.3 is 5.11 Å². The molecule has 1 rings (SSSR count). The van der Waals surface area contributed by atoms with E-state index in [2.05, 4.69) is 12.2 Å². The van der Waals surface area contributed by atoms with E-state index in [1.54, 1.807) is 6.92 Å². The minimum absolute atomic E-state index is 0.727. The third kappa shape index (κ3) is 3.57. The molecule has 0 aliphatic carbocycles. The molecule has 1 atom stereocenters. The number of aryl methyl sites for hydroxylation is 1. The molecule has 0 radical (unpaired) electrons. The number of hydrogen-bond donors (Lipinski definition) is 2. The van der Waals surface area contributed by atoms with Crippen LogP contribution in [0.4, 0.5) is 0 Å². The molecule has 1 aromatic carbocycles. The monoisotopic (exact) mass is 249 g/mol. The summed E-state index contributed by atoms with van der Waals surface area (Å²) in [7, 11) is 0. The van der Waals surface area contributed by atoms with Crippen LogP contribution in [-0.2, 0) is 10.3 Å². The van der Waals surface area contributed by atoms with Gasteiger partial charge in [-0.2, -0.15) is 0 Å². The summed E-state index contributed by atoms with van der Waals surface area (Å²) in [6, 6.07) is 7.67. The highest BCUT2D eigenvalue weighted by molar-refractivity contribution is 5.80. The SMILES string of the molecule is CCCCCNC(C)(C(=O)O)c1ccc(C)cc1. The van der Waals surface area contributed by atoms with Crippen LogP contribution >= 0.6 is 0 Å². The highest BCUT2D eigenvalue weighted by Gasteiger charge is 2.34. The second-order valence-electron chi connectivity index (χ2n) is 4.93. The van der Waals surface area contributed by atoms with Gasteiger partial charge in [0, 0.05) is 0 Å². The molecular formula is C15H23NO2. The Labute approximate surface area is 109 Å². The lowest BCUT2D eigenvalue weighted by Gasteiger charge is -2.27. The quantitative estimate of drug-likeness (QED) is 0.730. The van der Waals surface area contributed by atoms with Crippen LogP contribution in [0.3, 0.4) is 0 Å². The fourth-order valence-corrected chi connectivity index (χ4v) is 1.90. The van der Waals surface area contributed by atoms with Gasteiger partial charge in [0.2, 0.25) is 0 Å². The highest BCUT2D eigenvalue weighted by atomic mass is 16.4. The van der Waals surface area contributed by atoms with Crippen LogP contribution in [0.25, 0.3) is 0 Å². The molecule has 0 heterocycles. The summed E-state index contributed by atoms with van der Waals surface area (Å²) in [5, 5.41) is 12.6. The number of carbonyl (C=O) groups is 1. The first-order valence-electron chi connectivity index (χ1n) is 6.56. The van der Waals surface area contributed by atoms with Gasteiger partial charge in [-0.25, -0.2) is 4.79 Å². The number of unbranched alkanes of at least 4 members (excludes halogenated alkanes) is 2. The number of carboxylic acid groups (broad SMARTS) is 1. The molecule has 0 fully saturated rings. The van der Waals surface area contributed by atoms with Crippen molar-refractivity contribution in [1.82, 2.24) is 5.32 Å². The molecule has 18 heavy (non-hydrogen) atoms. The van der Waals surface area contributed by atoms with Gasteiger partial charge >= 0.3 is 5.97 Å². The summed E-state index contributed by atoms with van der Waals surface area (Å²) in [6.45, 7) is 6.59. The van der Waals surface area contributed by atoms with Crippen LogP contribution in [0.2, 0.25) is 0 Å². The molecule has 0 amide bonds. The predicted molar refractivity (Wildman–Crippen MR) is 73.7 cm³/mol. The first-order chi connectivity index (χ1) is 8.50. The van der Waals surface area contributed by atoms with Crippen LogP contribution < -0.4 is 5.32 Å². The number of nitrogens with one attached hydrogen (secondary N) is 1. The minimum Gasteiger partial charge on any atom is -0.480 e. The zero-order valence-electron chi connectivity index (χ0n) is 11.5. The molecule has 100 valence electrons. The first kappa shape index (κ1) is 14.7. The minimum atomic E-state index is -0.999. The van der Waals surface area contributed by atoms with E-state index in [0.717, 1.165) is 36.9 Å². The molecule has 0 spiro atoms. The normalized spacial score (nSPS) is 14.2. The Balaban J connectivity index is 2.79. The van der Waals surface area contributed by atoms with Crippen LogP contribution in [0.5, 0.6) is 0 Å². The summed E-state index contributed by atoms with van der Waals surface area (Å²) in [4.78, 5) is 11.5. The Morgan fingerprint density at radius 1 is 1.28 bits per heavy atom. The number of hydrogen-bond acceptors (Lipinski definition) is 2. The van der Waals surface area contributed by atoms with Gasteiger partial charge in [-0.15, -0.1) is 0 Å². The molecule has 0 saturated heterocycles. The van der Waals surface area contributed by atoms with E-state index in [0.29, 0.717) is 0 Å². The molecule has 2 N–H and O–H groups in total. The van der Waals surface area contributed by atoms with Crippen LogP contribution in [0.15, 0.2) is 24.3 Å². The number of aliphatic carboxylic acids is 1. The van der Waals surface area contributed by atoms with Crippen molar-refractivity contribution in [2.24, 2.45) is 0 Å². The molecule has 0 aromatic heterocycles. The Kier molecular flexibility index (Phi) is 5.35. The molecule has 0 aliphatic heterocycles. The van der Waals surface area contributed by atoms with Crippen molar-refractivity contribution in [2.75, 3.05) is 6.54 Å². The Bertz CT molecular complexity index is 386. The second-order valence-corrected chi connectivity index (χ2v) is 4.93. The van der Waals surface area contributed by atoms with Crippen molar-refractivity contribution in [2.45, 2.75) is 45.6 Å². The summed E-state index contributed by atoms with van der Waals surface area (Å²) in [6.07, 6.45) is 3.26. The van der Waals surface area contributed by atoms with Crippen molar-refractivity contribution in [3.8, 4) is 0 Å². The van der Waals surface area contributed by atoms with Crippen molar-refractivity contribution < 1.29 is 9.90 Å². The molecular weight excluding hydrogens is 226 g/mol. The van der Waals surface area contributed by atoms with E-state index >= 15 is 0 Å². The second kappa shape index (κ2) is 6.55. The van der Waals surface area contributed by atoms with Gasteiger partial charge in [-0.3, -0.25) is 5.32 Å². The average Bonchev–Trinajstić information content (AvgIpc) is 2.35. The van der Waals surface area contributed by atoms with Gasteiger partial charge in [-0.1, -0.05) is 49.6 Å². The lowest BCUT2D eigenvalue weighted by atomic mass is 9.91. The van der Waals surface area contributed by atoms with Crippen molar-refractivity contribution in [3.63, 3.8) is 0 Å². The van der Waals surface area contributed by atoms with Crippen molar-refractivity contribution in [1.29, 1.82) is 0 Å². The largest absolute Gasteiger partial charge is 0.480 e. The van der Waals surface area contributed by atoms with E-state index in [1.165, 1.54) is 0 Å². The smallest absolute Gasteiger partial charge is 0.328 e. The highest BCUT2D eigenvalue weighted by Crippen LogP contribution is 2.21. The summed E-state index contributed by atoms with van der Waals surface area (Å²) >= 11 is 0. The van der Waals surface area contributed by atoms with Crippen LogP contribution in [-0.4, -0.2) is 17.6 Å². The third-order valence-corrected chi connectivity index (χ3v) is 3.32. The maximum atomic E-state index is 11.5. The standard InChI is InChI=1S/C15H23NO2/c1-4-5-6-11-16-15(3,14(17)18)13-9-7-12(2)8-10-13/h7-10,16H,4-6,11H2,1-3H3,(H,17,18). The zero-order valence-corrected chi connectivity index (χ0v) is 11.5. The Morgan fingerprint density at radius 3 is 2.39 bits per heavy atom. The number of rotatable bonds is 7. The van der Waals surface area contributed by atoms with Crippen LogP contribution in [0.1, 0.15) is 44.2 Å². The molecule has 3 nitrogen and oxygen atoms in total. The molecule has 0 bridgehead atoms. The summed E-state index contributed by atoms with van der Waals surface area (Å²) < 4.78 is 0. The molecule has 1 aromatic rings. The first-order valence-corrected chi connectivity index (χ1v) is 6.56. The van der Waals surface area contributed by atoms with Crippen molar-refractivity contribution in [3.05, 3.63) is 35.4 Å². The summed E-state index contributed by atoms with van der Waals surface area (Å²) in [5.41, 5.74) is 0.941. The summed E-state index contributed by atoms with van der Waals surface area (Å²) in [5.74, 6) is -0.831. The molecule has 0 saturated carbocycles. The van der Waals surface area contributed by atoms with Gasteiger partial charge in [0.05, 0.1) is 0 Å². The topological polar surface area (TPSA) is 49.3 Å². The zero-order chi connectivity index (χ0) is 13.6. The number of benzene rings is 1. The predicted octanol–water partition coefficient (Wildman–Crippen LogP) is 3.07. The Hall–Kier alpha value is -1.35. The molecule has 0 aliphatic rings. The van der Waals surface area contributed by atoms with Gasteiger partial charge in [-0.05, 0) is 32.4 Å². The maximum Gasteiger partial charge on any atom is 0.328 e.